The van der Waals surface area contributed by atoms with E-state index < -0.39 is 18.0 Å². The molecule has 0 saturated carbocycles. The average molecular weight is 229 g/mol. The number of esters is 2. The first-order chi connectivity index (χ1) is 7.65. The molecule has 1 aliphatic heterocycles. The molecule has 0 amide bonds. The van der Waals surface area contributed by atoms with Crippen LogP contribution in [0.25, 0.3) is 0 Å². The SMILES string of the molecule is NCCC[C@@H](N)C(=O)OC(=O)[C@@H]1CCCN1. The number of carbonyl (C=O) groups excluding carboxylic acids is 2. The van der Waals surface area contributed by atoms with Crippen LogP contribution in [0.15, 0.2) is 0 Å². The van der Waals surface area contributed by atoms with E-state index in [0.29, 0.717) is 25.8 Å². The Balaban J connectivity index is 2.29. The molecule has 0 aromatic carbocycles. The van der Waals surface area contributed by atoms with Gasteiger partial charge in [-0.05, 0) is 38.8 Å². The summed E-state index contributed by atoms with van der Waals surface area (Å²) in [5.41, 5.74) is 10.8. The molecule has 6 heteroatoms. The highest BCUT2D eigenvalue weighted by molar-refractivity contribution is 5.90. The summed E-state index contributed by atoms with van der Waals surface area (Å²) in [6, 6.07) is -1.11. The van der Waals surface area contributed by atoms with Crippen LogP contribution in [0.3, 0.4) is 0 Å². The molecule has 1 fully saturated rings. The minimum atomic E-state index is -0.756. The number of ether oxygens (including phenoxy) is 1. The van der Waals surface area contributed by atoms with Gasteiger partial charge in [-0.3, -0.25) is 0 Å². The highest BCUT2D eigenvalue weighted by Gasteiger charge is 2.27. The van der Waals surface area contributed by atoms with Crippen molar-refractivity contribution in [3.8, 4) is 0 Å². The number of rotatable bonds is 5. The molecule has 2 atom stereocenters. The molecular formula is C10H19N3O3. The summed E-state index contributed by atoms with van der Waals surface area (Å²) in [5, 5.41) is 2.96. The van der Waals surface area contributed by atoms with Crippen LogP contribution in [0.4, 0.5) is 0 Å². The maximum absolute atomic E-state index is 11.4. The van der Waals surface area contributed by atoms with E-state index in [-0.39, 0.29) is 6.04 Å². The van der Waals surface area contributed by atoms with Gasteiger partial charge in [-0.15, -0.1) is 0 Å². The van der Waals surface area contributed by atoms with Crippen molar-refractivity contribution in [2.75, 3.05) is 13.1 Å². The first-order valence-corrected chi connectivity index (χ1v) is 5.59. The van der Waals surface area contributed by atoms with Crippen molar-refractivity contribution in [3.63, 3.8) is 0 Å². The second-order valence-corrected chi connectivity index (χ2v) is 3.93. The Morgan fingerprint density at radius 1 is 1.50 bits per heavy atom. The van der Waals surface area contributed by atoms with Crippen LogP contribution < -0.4 is 16.8 Å². The Morgan fingerprint density at radius 3 is 2.81 bits per heavy atom. The van der Waals surface area contributed by atoms with Crippen molar-refractivity contribution in [2.45, 2.75) is 37.8 Å². The molecule has 0 bridgehead atoms. The van der Waals surface area contributed by atoms with Crippen LogP contribution in [0.1, 0.15) is 25.7 Å². The maximum atomic E-state index is 11.4. The third-order valence-electron chi connectivity index (χ3n) is 2.57. The van der Waals surface area contributed by atoms with E-state index in [0.717, 1.165) is 13.0 Å². The highest BCUT2D eigenvalue weighted by atomic mass is 16.6. The van der Waals surface area contributed by atoms with Gasteiger partial charge in [0.15, 0.2) is 0 Å². The Morgan fingerprint density at radius 2 is 2.25 bits per heavy atom. The van der Waals surface area contributed by atoms with E-state index in [1.165, 1.54) is 0 Å². The minimum absolute atomic E-state index is 0.356. The van der Waals surface area contributed by atoms with Gasteiger partial charge in [0.25, 0.3) is 0 Å². The fourth-order valence-electron chi connectivity index (χ4n) is 1.59. The molecular weight excluding hydrogens is 210 g/mol. The number of carbonyl (C=O) groups is 2. The van der Waals surface area contributed by atoms with Gasteiger partial charge >= 0.3 is 11.9 Å². The molecule has 0 radical (unpaired) electrons. The van der Waals surface area contributed by atoms with Gasteiger partial charge in [0.1, 0.15) is 12.1 Å². The molecule has 1 saturated heterocycles. The summed E-state index contributed by atoms with van der Waals surface area (Å²) in [6.07, 6.45) is 2.73. The standard InChI is InChI=1S/C10H19N3O3/c11-5-1-3-7(12)9(14)16-10(15)8-4-2-6-13-8/h7-8,13H,1-6,11-12H2/t7-,8+/m1/s1. The molecule has 0 spiro atoms. The largest absolute Gasteiger partial charge is 0.391 e. The van der Waals surface area contributed by atoms with E-state index in [2.05, 4.69) is 10.1 Å². The second-order valence-electron chi connectivity index (χ2n) is 3.93. The first kappa shape index (κ1) is 13.1. The maximum Gasteiger partial charge on any atom is 0.330 e. The van der Waals surface area contributed by atoms with Crippen LogP contribution in [0.5, 0.6) is 0 Å². The molecule has 0 aliphatic carbocycles. The Labute approximate surface area is 94.7 Å². The summed E-state index contributed by atoms with van der Waals surface area (Å²) in [7, 11) is 0. The zero-order chi connectivity index (χ0) is 12.0. The van der Waals surface area contributed by atoms with Crippen molar-refractivity contribution in [1.29, 1.82) is 0 Å². The summed E-state index contributed by atoms with van der Waals surface area (Å²) in [6.45, 7) is 1.26. The van der Waals surface area contributed by atoms with Crippen molar-refractivity contribution < 1.29 is 14.3 Å². The highest BCUT2D eigenvalue weighted by Crippen LogP contribution is 2.07. The molecule has 5 N–H and O–H groups in total. The zero-order valence-corrected chi connectivity index (χ0v) is 9.28. The summed E-state index contributed by atoms with van der Waals surface area (Å²) < 4.78 is 4.69. The van der Waals surface area contributed by atoms with Gasteiger partial charge in [-0.2, -0.15) is 0 Å². The quantitative estimate of drug-likeness (QED) is 0.407. The van der Waals surface area contributed by atoms with Crippen molar-refractivity contribution >= 4 is 11.9 Å². The van der Waals surface area contributed by atoms with Crippen LogP contribution in [0.2, 0.25) is 0 Å². The number of hydrogen-bond acceptors (Lipinski definition) is 6. The second kappa shape index (κ2) is 6.57. The Kier molecular flexibility index (Phi) is 5.37. The van der Waals surface area contributed by atoms with Crippen LogP contribution in [0, 0.1) is 0 Å². The van der Waals surface area contributed by atoms with Crippen LogP contribution >= 0.6 is 0 Å². The lowest BCUT2D eigenvalue weighted by Crippen LogP contribution is -2.39. The monoisotopic (exact) mass is 229 g/mol. The lowest BCUT2D eigenvalue weighted by atomic mass is 10.2. The third-order valence-corrected chi connectivity index (χ3v) is 2.57. The fourth-order valence-corrected chi connectivity index (χ4v) is 1.59. The Hall–Kier alpha value is -0.980. The molecule has 6 nitrogen and oxygen atoms in total. The van der Waals surface area contributed by atoms with E-state index in [4.69, 9.17) is 11.5 Å². The normalized spacial score (nSPS) is 21.8. The third kappa shape index (κ3) is 3.88. The molecule has 1 rings (SSSR count). The van der Waals surface area contributed by atoms with E-state index in [1.54, 1.807) is 0 Å². The topological polar surface area (TPSA) is 107 Å². The van der Waals surface area contributed by atoms with Gasteiger partial charge in [0.05, 0.1) is 0 Å². The predicted octanol–water partition coefficient (Wildman–Crippen LogP) is -1.13. The number of nitrogens with one attached hydrogen (secondary N) is 1. The molecule has 0 aromatic rings. The summed E-state index contributed by atoms with van der Waals surface area (Å²) in [4.78, 5) is 22.8. The smallest absolute Gasteiger partial charge is 0.330 e. The zero-order valence-electron chi connectivity index (χ0n) is 9.28. The van der Waals surface area contributed by atoms with E-state index >= 15 is 0 Å². The lowest BCUT2D eigenvalue weighted by Gasteiger charge is -2.12. The van der Waals surface area contributed by atoms with Crippen LogP contribution in [-0.2, 0) is 14.3 Å². The first-order valence-electron chi connectivity index (χ1n) is 5.59. The van der Waals surface area contributed by atoms with Crippen LogP contribution in [-0.4, -0.2) is 37.1 Å². The van der Waals surface area contributed by atoms with Gasteiger partial charge < -0.3 is 21.5 Å². The molecule has 92 valence electrons. The van der Waals surface area contributed by atoms with Gasteiger partial charge in [0.2, 0.25) is 0 Å². The average Bonchev–Trinajstić information content (AvgIpc) is 2.79. The number of nitrogens with two attached hydrogens (primary N) is 2. The summed E-state index contributed by atoms with van der Waals surface area (Å²) >= 11 is 0. The van der Waals surface area contributed by atoms with Gasteiger partial charge in [-0.1, -0.05) is 0 Å². The number of hydrogen-bond donors (Lipinski definition) is 3. The Bertz CT molecular complexity index is 252. The molecule has 16 heavy (non-hydrogen) atoms. The van der Waals surface area contributed by atoms with E-state index in [9.17, 15) is 9.59 Å². The molecule has 0 aromatic heterocycles. The van der Waals surface area contributed by atoms with Gasteiger partial charge in [-0.25, -0.2) is 9.59 Å². The van der Waals surface area contributed by atoms with Crippen molar-refractivity contribution in [3.05, 3.63) is 0 Å². The molecule has 1 heterocycles. The fraction of sp³-hybridized carbons (Fsp3) is 0.800. The molecule has 1 aliphatic rings. The predicted molar refractivity (Wildman–Crippen MR) is 58.4 cm³/mol. The minimum Gasteiger partial charge on any atom is -0.391 e. The van der Waals surface area contributed by atoms with E-state index in [1.807, 2.05) is 0 Å². The van der Waals surface area contributed by atoms with Crippen molar-refractivity contribution in [1.82, 2.24) is 5.32 Å². The van der Waals surface area contributed by atoms with Crippen molar-refractivity contribution in [2.24, 2.45) is 11.5 Å². The summed E-state index contributed by atoms with van der Waals surface area (Å²) in [5.74, 6) is -1.18. The lowest BCUT2D eigenvalue weighted by molar-refractivity contribution is -0.162. The molecule has 0 unspecified atom stereocenters. The van der Waals surface area contributed by atoms with Gasteiger partial charge in [0, 0.05) is 0 Å².